The Hall–Kier alpha value is -3.05. The van der Waals surface area contributed by atoms with Crippen LogP contribution in [0, 0.1) is 0 Å². The van der Waals surface area contributed by atoms with E-state index >= 15 is 0 Å². The summed E-state index contributed by atoms with van der Waals surface area (Å²) in [7, 11) is 1.90. The fourth-order valence-electron chi connectivity index (χ4n) is 4.76. The second-order valence-electron chi connectivity index (χ2n) is 8.67. The predicted octanol–water partition coefficient (Wildman–Crippen LogP) is 3.90. The van der Waals surface area contributed by atoms with E-state index in [2.05, 4.69) is 63.4 Å². The van der Waals surface area contributed by atoms with Gasteiger partial charge in [0.05, 0.1) is 6.20 Å². The Kier molecular flexibility index (Phi) is 5.02. The van der Waals surface area contributed by atoms with Crippen LogP contribution >= 0.6 is 22.9 Å². The van der Waals surface area contributed by atoms with E-state index in [1.807, 2.05) is 37.6 Å². The Labute approximate surface area is 205 Å². The zero-order valence-electron chi connectivity index (χ0n) is 18.0. The molecule has 2 aliphatic heterocycles. The topological polar surface area (TPSA) is 79.2 Å². The maximum atomic E-state index is 13.0. The lowest BCUT2D eigenvalue weighted by Crippen LogP contribution is -2.42. The normalized spacial score (nSPS) is 20.0. The number of pyridine rings is 2. The number of fused-ring (bicyclic) bond motifs is 3. The van der Waals surface area contributed by atoms with Gasteiger partial charge in [0.2, 0.25) is 0 Å². The maximum Gasteiger partial charge on any atom is 0.257 e. The van der Waals surface area contributed by atoms with Crippen molar-refractivity contribution in [2.75, 3.05) is 23.3 Å². The first kappa shape index (κ1) is 20.5. The molecule has 0 aliphatic carbocycles. The highest BCUT2D eigenvalue weighted by molar-refractivity contribution is 14.1. The van der Waals surface area contributed by atoms with Crippen molar-refractivity contribution in [2.45, 2.75) is 18.5 Å². The van der Waals surface area contributed by atoms with Crippen LogP contribution in [0.15, 0.2) is 61.2 Å². The molecule has 9 heteroatoms. The Morgan fingerprint density at radius 2 is 1.94 bits per heavy atom. The van der Waals surface area contributed by atoms with Gasteiger partial charge in [0.15, 0.2) is 0 Å². The lowest BCUT2D eigenvalue weighted by molar-refractivity contribution is 0.102. The lowest BCUT2D eigenvalue weighted by atomic mass is 10.1. The van der Waals surface area contributed by atoms with Crippen molar-refractivity contribution in [1.82, 2.24) is 22.9 Å². The SMILES string of the molecule is Cn1cc(-c2ccc3cnc(NC(=O)c4ccnc(N5CC6CC5CN6I)c4)cc3c2)cn1. The number of carbonyl (C=O) groups is 1. The zero-order chi connectivity index (χ0) is 22.5. The first-order valence-corrected chi connectivity index (χ1v) is 11.9. The van der Waals surface area contributed by atoms with Crippen LogP contribution in [0.5, 0.6) is 0 Å². The molecule has 8 nitrogen and oxygen atoms in total. The van der Waals surface area contributed by atoms with Crippen LogP contribution in [0.2, 0.25) is 0 Å². The number of benzene rings is 1. The standard InChI is InChI=1S/C24H22IN7O/c1-30-12-19(11-28-30)15-2-3-17-10-27-22(7-18(17)6-15)29-24(33)16-4-5-26-23(8-16)31-13-21-9-20(31)14-32(21)25/h2-8,10-12,20-21H,9,13-14H2,1H3,(H,27,29,33). The number of rotatable bonds is 4. The van der Waals surface area contributed by atoms with Gasteiger partial charge in [-0.3, -0.25) is 9.48 Å². The molecule has 2 saturated heterocycles. The second-order valence-corrected chi connectivity index (χ2v) is 9.91. The molecule has 1 aromatic carbocycles. The molecule has 2 aliphatic rings. The minimum Gasteiger partial charge on any atom is -0.351 e. The van der Waals surface area contributed by atoms with Gasteiger partial charge in [-0.25, -0.2) is 13.1 Å². The van der Waals surface area contributed by atoms with Gasteiger partial charge in [0.1, 0.15) is 11.6 Å². The summed E-state index contributed by atoms with van der Waals surface area (Å²) in [6.45, 7) is 1.99. The molecule has 2 atom stereocenters. The lowest BCUT2D eigenvalue weighted by Gasteiger charge is -2.31. The van der Waals surface area contributed by atoms with E-state index in [1.54, 1.807) is 23.1 Å². The zero-order valence-corrected chi connectivity index (χ0v) is 20.2. The van der Waals surface area contributed by atoms with E-state index in [0.717, 1.165) is 47.2 Å². The number of hydrogen-bond donors (Lipinski definition) is 1. The predicted molar refractivity (Wildman–Crippen MR) is 136 cm³/mol. The molecular formula is C24H22IN7O. The number of hydrogen-bond acceptors (Lipinski definition) is 6. The number of piperazine rings is 1. The molecule has 166 valence electrons. The van der Waals surface area contributed by atoms with Crippen LogP contribution in [0.25, 0.3) is 21.9 Å². The summed E-state index contributed by atoms with van der Waals surface area (Å²) in [6.07, 6.45) is 8.48. The number of nitrogens with one attached hydrogen (secondary N) is 1. The number of aryl methyl sites for hydroxylation is 1. The van der Waals surface area contributed by atoms with Crippen molar-refractivity contribution < 1.29 is 4.79 Å². The summed E-state index contributed by atoms with van der Waals surface area (Å²) in [4.78, 5) is 24.3. The van der Waals surface area contributed by atoms with Crippen molar-refractivity contribution in [3.05, 3.63) is 66.7 Å². The van der Waals surface area contributed by atoms with E-state index in [-0.39, 0.29) is 5.91 Å². The van der Waals surface area contributed by atoms with Gasteiger partial charge in [-0.05, 0) is 41.6 Å². The summed E-state index contributed by atoms with van der Waals surface area (Å²) >= 11 is 2.41. The number of amides is 1. The quantitative estimate of drug-likeness (QED) is 0.306. The molecule has 2 fully saturated rings. The van der Waals surface area contributed by atoms with Crippen LogP contribution in [0.1, 0.15) is 16.8 Å². The molecule has 33 heavy (non-hydrogen) atoms. The monoisotopic (exact) mass is 551 g/mol. The number of anilines is 2. The summed E-state index contributed by atoms with van der Waals surface area (Å²) in [6, 6.07) is 12.7. The smallest absolute Gasteiger partial charge is 0.257 e. The fraction of sp³-hybridized carbons (Fsp3) is 0.250. The Bertz CT molecular complexity index is 1370. The third-order valence-electron chi connectivity index (χ3n) is 6.48. The van der Waals surface area contributed by atoms with Crippen molar-refractivity contribution >= 4 is 51.2 Å². The van der Waals surface area contributed by atoms with Gasteiger partial charge in [0, 0.05) is 90.2 Å². The molecule has 3 aromatic heterocycles. The largest absolute Gasteiger partial charge is 0.351 e. The Balaban J connectivity index is 1.23. The summed E-state index contributed by atoms with van der Waals surface area (Å²) in [5.41, 5.74) is 2.70. The van der Waals surface area contributed by atoms with E-state index in [9.17, 15) is 4.79 Å². The fourth-order valence-corrected chi connectivity index (χ4v) is 5.62. The number of halogens is 1. The van der Waals surface area contributed by atoms with E-state index in [0.29, 0.717) is 23.5 Å². The van der Waals surface area contributed by atoms with Gasteiger partial charge in [-0.15, -0.1) is 0 Å². The first-order chi connectivity index (χ1) is 16.0. The molecular weight excluding hydrogens is 529 g/mol. The molecule has 0 spiro atoms. The van der Waals surface area contributed by atoms with E-state index in [1.165, 1.54) is 0 Å². The van der Waals surface area contributed by atoms with Crippen molar-refractivity contribution in [3.63, 3.8) is 0 Å². The highest BCUT2D eigenvalue weighted by Gasteiger charge is 2.42. The summed E-state index contributed by atoms with van der Waals surface area (Å²) < 4.78 is 4.16. The van der Waals surface area contributed by atoms with E-state index in [4.69, 9.17) is 0 Å². The van der Waals surface area contributed by atoms with Gasteiger partial charge >= 0.3 is 0 Å². The molecule has 4 aromatic rings. The molecule has 1 N–H and O–H groups in total. The maximum absolute atomic E-state index is 13.0. The third kappa shape index (κ3) is 3.84. The van der Waals surface area contributed by atoms with Gasteiger partial charge in [-0.2, -0.15) is 5.10 Å². The summed E-state index contributed by atoms with van der Waals surface area (Å²) in [5.74, 6) is 1.20. The molecule has 1 amide bonds. The minimum atomic E-state index is -0.186. The molecule has 0 radical (unpaired) electrons. The molecule has 0 saturated carbocycles. The van der Waals surface area contributed by atoms with Crippen LogP contribution in [-0.4, -0.2) is 53.9 Å². The average Bonchev–Trinajstić information content (AvgIpc) is 3.54. The van der Waals surface area contributed by atoms with Crippen LogP contribution in [0.3, 0.4) is 0 Å². The Morgan fingerprint density at radius 1 is 1.03 bits per heavy atom. The van der Waals surface area contributed by atoms with Crippen LogP contribution < -0.4 is 10.2 Å². The first-order valence-electron chi connectivity index (χ1n) is 10.9. The molecule has 5 heterocycles. The van der Waals surface area contributed by atoms with Crippen molar-refractivity contribution in [3.8, 4) is 11.1 Å². The highest BCUT2D eigenvalue weighted by atomic mass is 127. The highest BCUT2D eigenvalue weighted by Crippen LogP contribution is 2.35. The van der Waals surface area contributed by atoms with Crippen LogP contribution in [-0.2, 0) is 7.05 Å². The van der Waals surface area contributed by atoms with Crippen molar-refractivity contribution in [1.29, 1.82) is 0 Å². The van der Waals surface area contributed by atoms with Gasteiger partial charge < -0.3 is 10.2 Å². The molecule has 2 unspecified atom stereocenters. The Morgan fingerprint density at radius 3 is 2.70 bits per heavy atom. The molecule has 6 rings (SSSR count). The van der Waals surface area contributed by atoms with Crippen LogP contribution in [0.4, 0.5) is 11.6 Å². The summed E-state index contributed by atoms with van der Waals surface area (Å²) in [5, 5.41) is 9.22. The van der Waals surface area contributed by atoms with Gasteiger partial charge in [-0.1, -0.05) is 12.1 Å². The number of aromatic nitrogens is 4. The van der Waals surface area contributed by atoms with E-state index < -0.39 is 0 Å². The van der Waals surface area contributed by atoms with Gasteiger partial charge in [0.25, 0.3) is 5.91 Å². The minimum absolute atomic E-state index is 0.186. The second kappa shape index (κ2) is 8.07. The average molecular weight is 551 g/mol. The third-order valence-corrected chi connectivity index (χ3v) is 7.66. The van der Waals surface area contributed by atoms with Crippen molar-refractivity contribution in [2.24, 2.45) is 7.05 Å². The number of carbonyl (C=O) groups excluding carboxylic acids is 1. The number of nitrogens with zero attached hydrogens (tertiary/aromatic N) is 6. The molecule has 2 bridgehead atoms.